The zero-order chi connectivity index (χ0) is 45.4. The van der Waals surface area contributed by atoms with Crippen LogP contribution in [0.25, 0.3) is 33.4 Å². The molecule has 0 amide bonds. The third-order valence-corrected chi connectivity index (χ3v) is 15.7. The lowest BCUT2D eigenvalue weighted by atomic mass is 9.69. The van der Waals surface area contributed by atoms with Crippen molar-refractivity contribution in [3.05, 3.63) is 86.5 Å². The molecule has 0 saturated heterocycles. The number of aromatic hydroxyl groups is 3. The van der Waals surface area contributed by atoms with Crippen LogP contribution < -0.4 is 0 Å². The average Bonchev–Trinajstić information content (AvgIpc) is 3.26. The summed E-state index contributed by atoms with van der Waals surface area (Å²) < 4.78 is 0. The molecule has 3 saturated carbocycles. The molecule has 7 rings (SSSR count). The molecule has 0 atom stereocenters. The van der Waals surface area contributed by atoms with E-state index in [0.29, 0.717) is 35.0 Å². The molecule has 3 nitrogen and oxygen atoms in total. The normalized spacial score (nSPS) is 17.4. The summed E-state index contributed by atoms with van der Waals surface area (Å²) in [6.45, 7) is 27.8. The van der Waals surface area contributed by atoms with E-state index < -0.39 is 0 Å². The van der Waals surface area contributed by atoms with Crippen molar-refractivity contribution < 1.29 is 15.3 Å². The summed E-state index contributed by atoms with van der Waals surface area (Å²) in [6.07, 6.45) is 17.8. The maximum absolute atomic E-state index is 12.2. The van der Waals surface area contributed by atoms with Crippen LogP contribution in [0, 0.1) is 0 Å². The summed E-state index contributed by atoms with van der Waals surface area (Å²) in [7, 11) is 0. The first-order valence-electron chi connectivity index (χ1n) is 25.9. The fraction of sp³-hybridized carbons (Fsp3) is 0.600. The Hall–Kier alpha value is -3.72. The Morgan fingerprint density at radius 3 is 0.730 bits per heavy atom. The van der Waals surface area contributed by atoms with E-state index in [1.54, 1.807) is 0 Å². The van der Waals surface area contributed by atoms with Crippen molar-refractivity contribution in [1.82, 2.24) is 0 Å². The fourth-order valence-corrected chi connectivity index (χ4v) is 12.4. The zero-order valence-electron chi connectivity index (χ0n) is 41.6. The van der Waals surface area contributed by atoms with Crippen LogP contribution in [0.15, 0.2) is 36.4 Å². The van der Waals surface area contributed by atoms with E-state index in [-0.39, 0.29) is 35.5 Å². The Balaban J connectivity index is 1.71. The van der Waals surface area contributed by atoms with Gasteiger partial charge in [-0.05, 0) is 212 Å². The van der Waals surface area contributed by atoms with Gasteiger partial charge in [-0.2, -0.15) is 0 Å². The van der Waals surface area contributed by atoms with Crippen molar-refractivity contribution in [2.24, 2.45) is 0 Å². The molecule has 0 aromatic heterocycles. The van der Waals surface area contributed by atoms with Gasteiger partial charge in [0.25, 0.3) is 0 Å². The summed E-state index contributed by atoms with van der Waals surface area (Å²) in [5, 5.41) is 36.6. The van der Waals surface area contributed by atoms with Gasteiger partial charge in [-0.3, -0.25) is 0 Å². The summed E-state index contributed by atoms with van der Waals surface area (Å²) in [6, 6.07) is 14.3. The van der Waals surface area contributed by atoms with Gasteiger partial charge in [0, 0.05) is 0 Å². The van der Waals surface area contributed by atoms with Crippen molar-refractivity contribution >= 4 is 0 Å². The van der Waals surface area contributed by atoms with Crippen LogP contribution in [0.5, 0.6) is 17.2 Å². The molecule has 0 unspecified atom stereocenters. The van der Waals surface area contributed by atoms with Crippen molar-refractivity contribution in [1.29, 1.82) is 0 Å². The Kier molecular flexibility index (Phi) is 14.8. The highest BCUT2D eigenvalue weighted by molar-refractivity contribution is 5.95. The molecule has 63 heavy (non-hydrogen) atoms. The highest BCUT2D eigenvalue weighted by Gasteiger charge is 2.34. The molecule has 4 aromatic carbocycles. The molecule has 0 radical (unpaired) electrons. The van der Waals surface area contributed by atoms with E-state index in [2.05, 4.69) is 119 Å². The van der Waals surface area contributed by atoms with Crippen LogP contribution in [0.1, 0.15) is 283 Å². The number of phenols is 3. The number of phenolic OH excluding ortho intramolecular Hbond substituents is 3. The number of hydrogen-bond acceptors (Lipinski definition) is 3. The first kappa shape index (κ1) is 47.2. The SMILES string of the molecule is CC(C)c1cc(-c2c(C(C)C)c(-c3cc(C(C)C)c(O)c(C4CCCCC4)c3)c(C(C)C)c(-c3cc(C(C)C)c(O)c(C4CCCCC4)c3)c2C(C)C)cc(C2CCCCC2)c1O. The van der Waals surface area contributed by atoms with E-state index >= 15 is 0 Å². The monoisotopic (exact) mass is 853 g/mol. The van der Waals surface area contributed by atoms with Gasteiger partial charge in [-0.15, -0.1) is 0 Å². The fourth-order valence-electron chi connectivity index (χ4n) is 12.4. The Morgan fingerprint density at radius 2 is 0.540 bits per heavy atom. The molecule has 0 bridgehead atoms. The second kappa shape index (κ2) is 19.8. The second-order valence-electron chi connectivity index (χ2n) is 22.3. The lowest BCUT2D eigenvalue weighted by molar-refractivity contribution is 0.410. The Labute approximate surface area is 383 Å². The highest BCUT2D eigenvalue weighted by atomic mass is 16.3. The molecule has 3 N–H and O–H groups in total. The summed E-state index contributed by atoms with van der Waals surface area (Å²) in [4.78, 5) is 0. The first-order valence-corrected chi connectivity index (χ1v) is 25.9. The van der Waals surface area contributed by atoms with Crippen LogP contribution in [0.3, 0.4) is 0 Å². The minimum absolute atomic E-state index is 0.165. The predicted octanol–water partition coefficient (Wildman–Crippen LogP) is 18.7. The molecule has 4 aromatic rings. The minimum atomic E-state index is 0.165. The predicted molar refractivity (Wildman–Crippen MR) is 270 cm³/mol. The van der Waals surface area contributed by atoms with Gasteiger partial charge in [0.2, 0.25) is 0 Å². The van der Waals surface area contributed by atoms with E-state index in [4.69, 9.17) is 0 Å². The smallest absolute Gasteiger partial charge is 0.122 e. The van der Waals surface area contributed by atoms with Crippen molar-refractivity contribution in [2.75, 3.05) is 0 Å². The molecule has 0 spiro atoms. The van der Waals surface area contributed by atoms with Crippen LogP contribution in [-0.4, -0.2) is 15.3 Å². The van der Waals surface area contributed by atoms with Gasteiger partial charge in [-0.1, -0.05) is 141 Å². The van der Waals surface area contributed by atoms with Crippen LogP contribution in [-0.2, 0) is 0 Å². The topological polar surface area (TPSA) is 60.7 Å². The molecule has 3 aliphatic rings. The third-order valence-electron chi connectivity index (χ3n) is 15.7. The number of hydrogen-bond donors (Lipinski definition) is 3. The summed E-state index contributed by atoms with van der Waals surface area (Å²) in [5.74, 6) is 3.62. The maximum atomic E-state index is 12.2. The van der Waals surface area contributed by atoms with Gasteiger partial charge in [0.15, 0.2) is 0 Å². The quantitative estimate of drug-likeness (QED) is 0.133. The van der Waals surface area contributed by atoms with Gasteiger partial charge in [-0.25, -0.2) is 0 Å². The van der Waals surface area contributed by atoms with Gasteiger partial charge < -0.3 is 15.3 Å². The molecule has 3 fully saturated rings. The summed E-state index contributed by atoms with van der Waals surface area (Å²) in [5.41, 5.74) is 18.3. The molecule has 3 heteroatoms. The lowest BCUT2D eigenvalue weighted by Gasteiger charge is -2.34. The number of benzene rings is 4. The molecule has 342 valence electrons. The molecule has 0 heterocycles. The van der Waals surface area contributed by atoms with E-state index in [1.165, 1.54) is 108 Å². The zero-order valence-corrected chi connectivity index (χ0v) is 41.6. The lowest BCUT2D eigenvalue weighted by Crippen LogP contribution is -2.13. The maximum Gasteiger partial charge on any atom is 0.122 e. The average molecular weight is 853 g/mol. The van der Waals surface area contributed by atoms with Crippen LogP contribution in [0.4, 0.5) is 0 Å². The molecule has 0 aliphatic heterocycles. The highest BCUT2D eigenvalue weighted by Crippen LogP contribution is 2.56. The summed E-state index contributed by atoms with van der Waals surface area (Å²) >= 11 is 0. The van der Waals surface area contributed by atoms with Gasteiger partial charge in [0.05, 0.1) is 0 Å². The second-order valence-corrected chi connectivity index (χ2v) is 22.3. The number of rotatable bonds is 12. The van der Waals surface area contributed by atoms with Crippen molar-refractivity contribution in [2.45, 2.75) is 233 Å². The van der Waals surface area contributed by atoms with E-state index in [0.717, 1.165) is 71.9 Å². The van der Waals surface area contributed by atoms with Crippen LogP contribution in [0.2, 0.25) is 0 Å². The molecule has 3 aliphatic carbocycles. The first-order chi connectivity index (χ1) is 30.0. The molecular weight excluding hydrogens is 769 g/mol. The Morgan fingerprint density at radius 1 is 0.317 bits per heavy atom. The minimum Gasteiger partial charge on any atom is -0.507 e. The third kappa shape index (κ3) is 9.38. The van der Waals surface area contributed by atoms with Crippen LogP contribution >= 0.6 is 0 Å². The standard InChI is InChI=1S/C60H84O3/c1-34(2)46-28-43(31-49(58(46)61)40-22-16-13-17-23-40)55-52(37(7)8)56(44-29-47(35(3)4)59(62)50(32-44)41-24-18-14-19-25-41)54(39(11)12)57(53(55)38(9)10)45-30-48(36(5)6)60(63)51(33-45)42-26-20-15-21-27-42/h28-42,61-63H,13-27H2,1-12H3. The van der Waals surface area contributed by atoms with Crippen molar-refractivity contribution in [3.63, 3.8) is 0 Å². The van der Waals surface area contributed by atoms with Crippen molar-refractivity contribution in [3.8, 4) is 50.6 Å². The Bertz CT molecular complexity index is 1960. The molecular formula is C60H84O3. The largest absolute Gasteiger partial charge is 0.507 e. The van der Waals surface area contributed by atoms with Gasteiger partial charge in [0.1, 0.15) is 17.2 Å². The van der Waals surface area contributed by atoms with Gasteiger partial charge >= 0.3 is 0 Å². The van der Waals surface area contributed by atoms with E-state index in [1.807, 2.05) is 0 Å². The van der Waals surface area contributed by atoms with E-state index in [9.17, 15) is 15.3 Å².